The molecule has 0 heterocycles. The highest BCUT2D eigenvalue weighted by atomic mass is 32.2. The summed E-state index contributed by atoms with van der Waals surface area (Å²) in [6.45, 7) is 0. The van der Waals surface area contributed by atoms with Gasteiger partial charge in [0.2, 0.25) is 5.91 Å². The molecule has 0 aliphatic rings. The van der Waals surface area contributed by atoms with Gasteiger partial charge in [-0.3, -0.25) is 13.9 Å². The number of carbonyl (C=O) groups is 2. The van der Waals surface area contributed by atoms with Crippen LogP contribution in [0.1, 0.15) is 0 Å². The van der Waals surface area contributed by atoms with Crippen molar-refractivity contribution in [2.24, 2.45) is 5.73 Å². The molecule has 0 saturated carbocycles. The number of rotatable bonds is 2. The van der Waals surface area contributed by atoms with Gasteiger partial charge in [0.15, 0.2) is 0 Å². The fourth-order valence-corrected chi connectivity index (χ4v) is 0.153. The van der Waals surface area contributed by atoms with Crippen LogP contribution in [0.5, 0.6) is 0 Å². The molecular weight excluding hydrogens is 190 g/mol. The first-order chi connectivity index (χ1) is 5.36. The maximum atomic E-state index is 9.78. The molecule has 0 rings (SSSR count). The molecule has 7 nitrogen and oxygen atoms in total. The van der Waals surface area contributed by atoms with E-state index in [9.17, 15) is 9.59 Å². The van der Waals surface area contributed by atoms with E-state index in [1.807, 2.05) is 0 Å². The lowest BCUT2D eigenvalue weighted by Gasteiger charge is -1.75. The van der Waals surface area contributed by atoms with Gasteiger partial charge in [0, 0.05) is 12.2 Å². The third-order valence-corrected chi connectivity index (χ3v) is 0.390. The molecule has 70 valence electrons. The van der Waals surface area contributed by atoms with E-state index in [1.54, 1.807) is 0 Å². The Morgan fingerprint density at radius 2 is 1.58 bits per heavy atom. The van der Waals surface area contributed by atoms with Gasteiger partial charge < -0.3 is 10.8 Å². The summed E-state index contributed by atoms with van der Waals surface area (Å²) in [6.07, 6.45) is 1.46. The van der Waals surface area contributed by atoms with Gasteiger partial charge >= 0.3 is 5.97 Å². The van der Waals surface area contributed by atoms with Crippen LogP contribution in [0.2, 0.25) is 0 Å². The predicted octanol–water partition coefficient (Wildman–Crippen LogP) is -1.21. The molecule has 8 heteroatoms. The van der Waals surface area contributed by atoms with Crippen molar-refractivity contribution in [1.29, 1.82) is 0 Å². The topological polar surface area (TPSA) is 138 Å². The van der Waals surface area contributed by atoms with Crippen LogP contribution in [0, 0.1) is 0 Å². The molecule has 0 aromatic carbocycles. The van der Waals surface area contributed by atoms with E-state index in [4.69, 9.17) is 18.4 Å². The quantitative estimate of drug-likeness (QED) is 0.324. The van der Waals surface area contributed by atoms with E-state index in [-0.39, 0.29) is 0 Å². The number of primary amides is 1. The first-order valence-electron chi connectivity index (χ1n) is 2.36. The second-order valence-corrected chi connectivity index (χ2v) is 1.77. The molecule has 0 spiro atoms. The largest absolute Gasteiger partial charge is 0.478 e. The molecule has 1 amide bonds. The zero-order chi connectivity index (χ0) is 10.1. The van der Waals surface area contributed by atoms with Crippen LogP contribution >= 0.6 is 0 Å². The summed E-state index contributed by atoms with van der Waals surface area (Å²) in [6, 6.07) is 0. The van der Waals surface area contributed by atoms with Crippen LogP contribution in [0.25, 0.3) is 0 Å². The van der Waals surface area contributed by atoms with Crippen LogP contribution in [-0.2, 0) is 21.0 Å². The van der Waals surface area contributed by atoms with Gasteiger partial charge in [-0.1, -0.05) is 0 Å². The van der Waals surface area contributed by atoms with Gasteiger partial charge in [0.1, 0.15) is 0 Å². The van der Waals surface area contributed by atoms with Crippen LogP contribution < -0.4 is 5.73 Å². The van der Waals surface area contributed by atoms with Crippen molar-refractivity contribution in [3.63, 3.8) is 0 Å². The fraction of sp³-hybridized carbons (Fsp3) is 0. The number of carboxylic acid groups (broad SMARTS) is 1. The first-order valence-corrected chi connectivity index (χ1v) is 3.43. The number of amides is 1. The Kier molecular flexibility index (Phi) is 8.73. The highest BCUT2D eigenvalue weighted by Crippen LogP contribution is 1.68. The van der Waals surface area contributed by atoms with Crippen molar-refractivity contribution < 1.29 is 28.0 Å². The Hall–Kier alpha value is -1.25. The summed E-state index contributed by atoms with van der Waals surface area (Å²) in [4.78, 5) is 19.4. The second-order valence-electron chi connectivity index (χ2n) is 1.30. The molecule has 12 heavy (non-hydrogen) atoms. The minimum Gasteiger partial charge on any atom is -0.478 e. The average Bonchev–Trinajstić information content (AvgIpc) is 1.82. The summed E-state index contributed by atoms with van der Waals surface area (Å²) in [5, 5.41) is 7.87. The predicted molar refractivity (Wildman–Crippen MR) is 39.4 cm³/mol. The van der Waals surface area contributed by atoms with Crippen molar-refractivity contribution in [3.05, 3.63) is 12.2 Å². The standard InChI is InChI=1S/C4H5NO3.H2O3S/c5-3(6)1-2-4(7)8;1-4(2)3/h1-2H,(H2,5,6)(H,7,8);(H2,1,2,3). The van der Waals surface area contributed by atoms with Crippen molar-refractivity contribution >= 4 is 23.2 Å². The van der Waals surface area contributed by atoms with E-state index >= 15 is 0 Å². The summed E-state index contributed by atoms with van der Waals surface area (Å²) in [7, 11) is 0. The highest BCUT2D eigenvalue weighted by molar-refractivity contribution is 7.73. The van der Waals surface area contributed by atoms with E-state index in [0.29, 0.717) is 6.08 Å². The number of carbonyl (C=O) groups excluding carboxylic acids is 1. The van der Waals surface area contributed by atoms with Crippen molar-refractivity contribution in [3.8, 4) is 0 Å². The molecule has 0 aromatic rings. The molecule has 0 saturated heterocycles. The summed E-state index contributed by atoms with van der Waals surface area (Å²) >= 11 is -2.61. The molecule has 5 N–H and O–H groups in total. The van der Waals surface area contributed by atoms with Crippen molar-refractivity contribution in [2.45, 2.75) is 0 Å². The van der Waals surface area contributed by atoms with Gasteiger partial charge in [-0.25, -0.2) is 4.79 Å². The third-order valence-electron chi connectivity index (χ3n) is 0.390. The Balaban J connectivity index is 0. The highest BCUT2D eigenvalue weighted by Gasteiger charge is 1.86. The first kappa shape index (κ1) is 13.3. The molecule has 0 aliphatic heterocycles. The molecule has 0 unspecified atom stereocenters. The lowest BCUT2D eigenvalue weighted by molar-refractivity contribution is -0.131. The minimum absolute atomic E-state index is 0.683. The van der Waals surface area contributed by atoms with Gasteiger partial charge in [-0.05, 0) is 0 Å². The molecule has 0 aromatic heterocycles. The molecule has 0 aliphatic carbocycles. The molecule has 0 radical (unpaired) electrons. The smallest absolute Gasteiger partial charge is 0.328 e. The van der Waals surface area contributed by atoms with E-state index < -0.39 is 23.2 Å². The average molecular weight is 197 g/mol. The Labute approximate surface area is 70.0 Å². The second kappa shape index (κ2) is 7.85. The number of hydrogen-bond donors (Lipinski definition) is 4. The fourth-order valence-electron chi connectivity index (χ4n) is 0.153. The van der Waals surface area contributed by atoms with Gasteiger partial charge in [-0.15, -0.1) is 0 Å². The number of hydrogen-bond acceptors (Lipinski definition) is 3. The molecule has 0 bridgehead atoms. The number of nitrogens with two attached hydrogens (primary N) is 1. The maximum Gasteiger partial charge on any atom is 0.328 e. The summed E-state index contributed by atoms with van der Waals surface area (Å²) in [5.74, 6) is -1.93. The van der Waals surface area contributed by atoms with Crippen LogP contribution in [0.3, 0.4) is 0 Å². The van der Waals surface area contributed by atoms with Gasteiger partial charge in [0.05, 0.1) is 0 Å². The van der Waals surface area contributed by atoms with Crippen LogP contribution in [0.15, 0.2) is 12.2 Å². The van der Waals surface area contributed by atoms with E-state index in [1.165, 1.54) is 0 Å². The van der Waals surface area contributed by atoms with Gasteiger partial charge in [0.25, 0.3) is 11.4 Å². The van der Waals surface area contributed by atoms with E-state index in [0.717, 1.165) is 6.08 Å². The Morgan fingerprint density at radius 1 is 1.25 bits per heavy atom. The normalized spacial score (nSPS) is 9.25. The number of aliphatic carboxylic acids is 1. The number of carboxylic acids is 1. The van der Waals surface area contributed by atoms with Crippen molar-refractivity contribution in [2.75, 3.05) is 0 Å². The summed E-state index contributed by atoms with van der Waals surface area (Å²) < 4.78 is 22.8. The zero-order valence-corrected chi connectivity index (χ0v) is 6.52. The van der Waals surface area contributed by atoms with E-state index in [2.05, 4.69) is 5.73 Å². The third kappa shape index (κ3) is 37.4. The van der Waals surface area contributed by atoms with Crippen molar-refractivity contribution in [1.82, 2.24) is 0 Å². The molecule has 0 fully saturated rings. The molecular formula is C4H7NO6S. The molecule has 0 atom stereocenters. The Morgan fingerprint density at radius 3 is 1.67 bits per heavy atom. The van der Waals surface area contributed by atoms with Crippen LogP contribution in [-0.4, -0.2) is 30.3 Å². The minimum atomic E-state index is -2.61. The maximum absolute atomic E-state index is 9.78. The lowest BCUT2D eigenvalue weighted by atomic mass is 10.5. The Bertz CT molecular complexity index is 192. The SMILES string of the molecule is NC(=O)C=CC(=O)O.O=S(O)O. The lowest BCUT2D eigenvalue weighted by Crippen LogP contribution is -2.06. The van der Waals surface area contributed by atoms with Crippen LogP contribution in [0.4, 0.5) is 0 Å². The van der Waals surface area contributed by atoms with Gasteiger partial charge in [-0.2, -0.15) is 4.21 Å². The summed E-state index contributed by atoms with van der Waals surface area (Å²) in [5.41, 5.74) is 4.55. The monoisotopic (exact) mass is 197 g/mol. The zero-order valence-electron chi connectivity index (χ0n) is 5.71.